The van der Waals surface area contributed by atoms with E-state index in [0.717, 1.165) is 46.2 Å². The van der Waals surface area contributed by atoms with Gasteiger partial charge in [-0.1, -0.05) is 28.1 Å². The van der Waals surface area contributed by atoms with Crippen LogP contribution in [0.25, 0.3) is 17.4 Å². The number of nitriles is 1. The van der Waals surface area contributed by atoms with Crippen molar-refractivity contribution in [3.8, 4) is 17.4 Å². The molecule has 1 N–H and O–H groups in total. The third kappa shape index (κ3) is 4.54. The average molecular weight is 511 g/mol. The molecule has 3 aromatic rings. The number of nitrogens with zero attached hydrogens (tertiary/aromatic N) is 1. The fraction of sp³-hybridized carbons (Fsp3) is 0.208. The van der Waals surface area contributed by atoms with Crippen LogP contribution in [-0.4, -0.2) is 19.0 Å². The molecule has 0 unspecified atom stereocenters. The first kappa shape index (κ1) is 22.1. The quantitative estimate of drug-likeness (QED) is 0.258. The fourth-order valence-corrected chi connectivity index (χ4v) is 5.17. The normalized spacial score (nSPS) is 13.2. The van der Waals surface area contributed by atoms with Gasteiger partial charge in [0.1, 0.15) is 28.2 Å². The summed E-state index contributed by atoms with van der Waals surface area (Å²) in [6.45, 7) is 0. The maximum atomic E-state index is 12.8. The zero-order chi connectivity index (χ0) is 22.7. The lowest BCUT2D eigenvalue weighted by Crippen LogP contribution is -2.16. The van der Waals surface area contributed by atoms with Crippen LogP contribution < -0.4 is 5.32 Å². The molecule has 0 fully saturated rings. The van der Waals surface area contributed by atoms with Gasteiger partial charge < -0.3 is 14.5 Å². The lowest BCUT2D eigenvalue weighted by molar-refractivity contribution is -0.112. The summed E-state index contributed by atoms with van der Waals surface area (Å²) in [5, 5.41) is 12.7. The second-order valence-electron chi connectivity index (χ2n) is 7.24. The van der Waals surface area contributed by atoms with Gasteiger partial charge in [0.05, 0.1) is 12.7 Å². The molecule has 4 rings (SSSR count). The Labute approximate surface area is 197 Å². The van der Waals surface area contributed by atoms with E-state index in [9.17, 15) is 14.9 Å². The van der Waals surface area contributed by atoms with E-state index in [1.807, 2.05) is 30.3 Å². The van der Waals surface area contributed by atoms with Gasteiger partial charge in [-0.3, -0.25) is 4.79 Å². The summed E-state index contributed by atoms with van der Waals surface area (Å²) in [5.41, 5.74) is 2.09. The third-order valence-corrected chi connectivity index (χ3v) is 6.93. The van der Waals surface area contributed by atoms with Crippen molar-refractivity contribution in [2.75, 3.05) is 12.4 Å². The van der Waals surface area contributed by atoms with Gasteiger partial charge in [0, 0.05) is 21.0 Å². The molecule has 8 heteroatoms. The number of fused-ring (bicyclic) bond motifs is 1. The summed E-state index contributed by atoms with van der Waals surface area (Å²) < 4.78 is 11.7. The van der Waals surface area contributed by atoms with Crippen LogP contribution in [0.4, 0.5) is 5.00 Å². The van der Waals surface area contributed by atoms with Crippen LogP contribution in [0.1, 0.15) is 39.4 Å². The summed E-state index contributed by atoms with van der Waals surface area (Å²) in [6, 6.07) is 13.0. The molecule has 0 atom stereocenters. The number of anilines is 1. The maximum absolute atomic E-state index is 12.8. The van der Waals surface area contributed by atoms with Crippen LogP contribution >= 0.6 is 27.3 Å². The highest BCUT2D eigenvalue weighted by molar-refractivity contribution is 9.10. The number of benzene rings is 1. The van der Waals surface area contributed by atoms with Crippen LogP contribution in [0.5, 0.6) is 0 Å². The molecule has 0 spiro atoms. The number of hydrogen-bond acceptors (Lipinski definition) is 6. The Morgan fingerprint density at radius 1 is 1.19 bits per heavy atom. The number of rotatable bonds is 5. The number of aryl methyl sites for hydroxylation is 1. The first-order valence-electron chi connectivity index (χ1n) is 10.0. The molecular weight excluding hydrogens is 492 g/mol. The first-order chi connectivity index (χ1) is 15.5. The number of esters is 1. The van der Waals surface area contributed by atoms with Crippen molar-refractivity contribution >= 4 is 50.2 Å². The number of nitrogens with one attached hydrogen (secondary N) is 1. The van der Waals surface area contributed by atoms with E-state index >= 15 is 0 Å². The van der Waals surface area contributed by atoms with Crippen LogP contribution in [0, 0.1) is 11.3 Å². The number of ether oxygens (including phenoxy) is 1. The van der Waals surface area contributed by atoms with E-state index in [4.69, 9.17) is 9.15 Å². The van der Waals surface area contributed by atoms with Gasteiger partial charge in [-0.15, -0.1) is 11.3 Å². The molecule has 0 radical (unpaired) electrons. The molecule has 6 nitrogen and oxygen atoms in total. The lowest BCUT2D eigenvalue weighted by Gasteiger charge is -2.11. The molecule has 32 heavy (non-hydrogen) atoms. The van der Waals surface area contributed by atoms with Crippen molar-refractivity contribution in [3.05, 3.63) is 68.2 Å². The van der Waals surface area contributed by atoms with Crippen LogP contribution in [-0.2, 0) is 22.4 Å². The SMILES string of the molecule is COC(=O)c1c(NC(=O)/C(C#N)=C/c2ccc(-c3ccc(Br)cc3)o2)sc2c1CCCC2. The van der Waals surface area contributed by atoms with E-state index in [1.54, 1.807) is 12.1 Å². The summed E-state index contributed by atoms with van der Waals surface area (Å²) >= 11 is 4.77. The molecular formula is C24H19BrN2O4S. The molecule has 0 aliphatic heterocycles. The van der Waals surface area contributed by atoms with Crippen molar-refractivity contribution in [1.29, 1.82) is 5.26 Å². The van der Waals surface area contributed by atoms with Gasteiger partial charge in [0.2, 0.25) is 0 Å². The van der Waals surface area contributed by atoms with E-state index in [2.05, 4.69) is 21.2 Å². The highest BCUT2D eigenvalue weighted by atomic mass is 79.9. The Hall–Kier alpha value is -3.15. The van der Waals surface area contributed by atoms with Gasteiger partial charge in [-0.2, -0.15) is 5.26 Å². The standard InChI is InChI=1S/C24H19BrN2O4S/c1-30-24(29)21-18-4-2-3-5-20(18)32-23(21)27-22(28)15(13-26)12-17-10-11-19(31-17)14-6-8-16(25)9-7-14/h6-12H,2-5H2,1H3,(H,27,28)/b15-12+. The van der Waals surface area contributed by atoms with Gasteiger partial charge in [0.25, 0.3) is 5.91 Å². The van der Waals surface area contributed by atoms with Gasteiger partial charge in [0.15, 0.2) is 0 Å². The number of furan rings is 1. The Bertz CT molecular complexity index is 1250. The highest BCUT2D eigenvalue weighted by Crippen LogP contribution is 2.38. The van der Waals surface area contributed by atoms with Gasteiger partial charge >= 0.3 is 5.97 Å². The zero-order valence-corrected chi connectivity index (χ0v) is 19.6. The third-order valence-electron chi connectivity index (χ3n) is 5.20. The minimum absolute atomic E-state index is 0.121. The number of halogens is 1. The molecule has 0 saturated carbocycles. The molecule has 1 aliphatic rings. The maximum Gasteiger partial charge on any atom is 0.341 e. The highest BCUT2D eigenvalue weighted by Gasteiger charge is 2.27. The van der Waals surface area contributed by atoms with Crippen LogP contribution in [0.3, 0.4) is 0 Å². The van der Waals surface area contributed by atoms with Crippen LogP contribution in [0.15, 0.2) is 50.9 Å². The Morgan fingerprint density at radius 2 is 1.94 bits per heavy atom. The lowest BCUT2D eigenvalue weighted by atomic mass is 9.95. The molecule has 0 bridgehead atoms. The fourth-order valence-electron chi connectivity index (χ4n) is 3.63. The monoisotopic (exact) mass is 510 g/mol. The van der Waals surface area contributed by atoms with E-state index in [-0.39, 0.29) is 5.57 Å². The molecule has 1 aromatic carbocycles. The smallest absolute Gasteiger partial charge is 0.341 e. The second kappa shape index (κ2) is 9.55. The minimum Gasteiger partial charge on any atom is -0.465 e. The van der Waals surface area contributed by atoms with Crippen LogP contribution in [0.2, 0.25) is 0 Å². The predicted octanol–water partition coefficient (Wildman–Crippen LogP) is 5.98. The second-order valence-corrected chi connectivity index (χ2v) is 9.26. The Balaban J connectivity index is 1.59. The van der Waals surface area contributed by atoms with Gasteiger partial charge in [-0.25, -0.2) is 4.79 Å². The minimum atomic E-state index is -0.599. The van der Waals surface area contributed by atoms with E-state index in [0.29, 0.717) is 22.1 Å². The first-order valence-corrected chi connectivity index (χ1v) is 11.6. The molecule has 1 amide bonds. The van der Waals surface area contributed by atoms with Crippen molar-refractivity contribution in [1.82, 2.24) is 0 Å². The zero-order valence-electron chi connectivity index (χ0n) is 17.2. The summed E-state index contributed by atoms with van der Waals surface area (Å²) in [7, 11) is 1.32. The predicted molar refractivity (Wildman–Crippen MR) is 126 cm³/mol. The van der Waals surface area contributed by atoms with E-state index < -0.39 is 11.9 Å². The summed E-state index contributed by atoms with van der Waals surface area (Å²) in [4.78, 5) is 26.3. The molecule has 0 saturated heterocycles. The molecule has 1 aliphatic carbocycles. The summed E-state index contributed by atoms with van der Waals surface area (Å²) in [6.07, 6.45) is 5.07. The number of hydrogen-bond donors (Lipinski definition) is 1. The largest absolute Gasteiger partial charge is 0.465 e. The number of amides is 1. The number of carbonyl (C=O) groups excluding carboxylic acids is 2. The molecule has 162 valence electrons. The van der Waals surface area contributed by atoms with E-state index in [1.165, 1.54) is 24.5 Å². The summed E-state index contributed by atoms with van der Waals surface area (Å²) in [5.74, 6) is -0.0705. The van der Waals surface area contributed by atoms with Crippen molar-refractivity contribution in [2.24, 2.45) is 0 Å². The van der Waals surface area contributed by atoms with Crippen molar-refractivity contribution in [3.63, 3.8) is 0 Å². The average Bonchev–Trinajstić information content (AvgIpc) is 3.41. The number of methoxy groups -OCH3 is 1. The van der Waals surface area contributed by atoms with Crippen molar-refractivity contribution < 1.29 is 18.7 Å². The number of thiophene rings is 1. The Kier molecular flexibility index (Phi) is 6.58. The number of carbonyl (C=O) groups is 2. The molecule has 2 aromatic heterocycles. The topological polar surface area (TPSA) is 92.3 Å². The Morgan fingerprint density at radius 3 is 2.66 bits per heavy atom. The van der Waals surface area contributed by atoms with Crippen molar-refractivity contribution in [2.45, 2.75) is 25.7 Å². The molecule has 2 heterocycles. The van der Waals surface area contributed by atoms with Gasteiger partial charge in [-0.05, 0) is 55.5 Å².